The molecule has 1 amide bonds. The number of nitrogens with one attached hydrogen (secondary N) is 1. The van der Waals surface area contributed by atoms with E-state index in [-0.39, 0.29) is 11.7 Å². The van der Waals surface area contributed by atoms with Gasteiger partial charge in [-0.1, -0.05) is 17.7 Å². The average Bonchev–Trinajstić information content (AvgIpc) is 3.03. The fourth-order valence-corrected chi connectivity index (χ4v) is 2.21. The number of benzene rings is 2. The Morgan fingerprint density at radius 3 is 2.65 bits per heavy atom. The third-order valence-electron chi connectivity index (χ3n) is 3.17. The number of halogens is 1. The number of methoxy groups -OCH3 is 1. The van der Waals surface area contributed by atoms with Crippen molar-refractivity contribution in [1.29, 1.82) is 0 Å². The zero-order valence-corrected chi connectivity index (χ0v) is 12.9. The van der Waals surface area contributed by atoms with Gasteiger partial charge in [0.25, 0.3) is 5.91 Å². The van der Waals surface area contributed by atoms with Gasteiger partial charge in [-0.05, 0) is 52.8 Å². The van der Waals surface area contributed by atoms with Crippen LogP contribution in [0.2, 0.25) is 5.02 Å². The Hall–Kier alpha value is -2.86. The first-order valence-electron chi connectivity index (χ1n) is 6.71. The maximum atomic E-state index is 12.2. The minimum Gasteiger partial charge on any atom is -0.497 e. The Morgan fingerprint density at radius 2 is 1.96 bits per heavy atom. The van der Waals surface area contributed by atoms with Crippen LogP contribution in [0.1, 0.15) is 10.4 Å². The van der Waals surface area contributed by atoms with E-state index in [2.05, 4.69) is 15.6 Å². The average molecular weight is 330 g/mol. The summed E-state index contributed by atoms with van der Waals surface area (Å²) in [6.07, 6.45) is 0. The lowest BCUT2D eigenvalue weighted by atomic mass is 10.1. The summed E-state index contributed by atoms with van der Waals surface area (Å²) in [6.45, 7) is 0. The van der Waals surface area contributed by atoms with Crippen molar-refractivity contribution in [2.24, 2.45) is 0 Å². The maximum Gasteiger partial charge on any atom is 0.257 e. The Morgan fingerprint density at radius 1 is 1.17 bits per heavy atom. The van der Waals surface area contributed by atoms with Crippen LogP contribution >= 0.6 is 11.6 Å². The van der Waals surface area contributed by atoms with Crippen LogP contribution in [-0.4, -0.2) is 23.3 Å². The largest absolute Gasteiger partial charge is 0.497 e. The van der Waals surface area contributed by atoms with Crippen LogP contribution in [0.5, 0.6) is 5.75 Å². The van der Waals surface area contributed by atoms with Crippen molar-refractivity contribution in [2.45, 2.75) is 0 Å². The minimum absolute atomic E-state index is 0.236. The molecule has 1 aromatic heterocycles. The molecule has 0 saturated carbocycles. The van der Waals surface area contributed by atoms with Crippen molar-refractivity contribution in [3.05, 3.63) is 59.1 Å². The van der Waals surface area contributed by atoms with Crippen LogP contribution in [0, 0.1) is 0 Å². The highest BCUT2D eigenvalue weighted by molar-refractivity contribution is 6.31. The normalized spacial score (nSPS) is 10.3. The molecular formula is C16H12ClN3O3. The zero-order valence-electron chi connectivity index (χ0n) is 12.1. The van der Waals surface area contributed by atoms with E-state index < -0.39 is 0 Å². The van der Waals surface area contributed by atoms with Gasteiger partial charge in [0.2, 0.25) is 5.82 Å². The molecule has 1 N–H and O–H groups in total. The van der Waals surface area contributed by atoms with Crippen LogP contribution in [0.15, 0.2) is 53.2 Å². The van der Waals surface area contributed by atoms with Crippen molar-refractivity contribution in [3.63, 3.8) is 0 Å². The number of nitrogens with zero attached hydrogens (tertiary/aromatic N) is 2. The van der Waals surface area contributed by atoms with Gasteiger partial charge in [0.15, 0.2) is 5.69 Å². The van der Waals surface area contributed by atoms with Crippen LogP contribution < -0.4 is 10.1 Å². The zero-order chi connectivity index (χ0) is 16.2. The standard InChI is InChI=1S/C16H12ClN3O3/c1-22-13-7-5-10(6-8-13)14-15(20-23-19-14)18-16(21)11-3-2-4-12(17)9-11/h2-9H,1H3,(H,18,20,21). The molecule has 0 aliphatic heterocycles. The van der Waals surface area contributed by atoms with Crippen molar-refractivity contribution in [1.82, 2.24) is 10.3 Å². The summed E-state index contributed by atoms with van der Waals surface area (Å²) in [6, 6.07) is 13.8. The summed E-state index contributed by atoms with van der Waals surface area (Å²) in [5.74, 6) is 0.604. The first-order valence-corrected chi connectivity index (χ1v) is 7.09. The molecule has 3 rings (SSSR count). The topological polar surface area (TPSA) is 77.2 Å². The lowest BCUT2D eigenvalue weighted by Gasteiger charge is -2.04. The van der Waals surface area contributed by atoms with Crippen LogP contribution in [0.4, 0.5) is 5.82 Å². The second kappa shape index (κ2) is 6.50. The number of carbonyl (C=O) groups is 1. The van der Waals surface area contributed by atoms with Crippen molar-refractivity contribution >= 4 is 23.3 Å². The molecule has 6 nitrogen and oxygen atoms in total. The third-order valence-corrected chi connectivity index (χ3v) is 3.41. The van der Waals surface area contributed by atoms with Gasteiger partial charge in [-0.3, -0.25) is 4.79 Å². The van der Waals surface area contributed by atoms with Gasteiger partial charge in [-0.25, -0.2) is 4.63 Å². The Balaban J connectivity index is 1.84. The highest BCUT2D eigenvalue weighted by Crippen LogP contribution is 2.26. The fraction of sp³-hybridized carbons (Fsp3) is 0.0625. The van der Waals surface area contributed by atoms with E-state index >= 15 is 0 Å². The number of anilines is 1. The molecule has 0 radical (unpaired) electrons. The number of ether oxygens (including phenoxy) is 1. The molecule has 1 heterocycles. The molecule has 0 fully saturated rings. The molecule has 116 valence electrons. The number of carbonyl (C=O) groups excluding carboxylic acids is 1. The highest BCUT2D eigenvalue weighted by atomic mass is 35.5. The quantitative estimate of drug-likeness (QED) is 0.790. The summed E-state index contributed by atoms with van der Waals surface area (Å²) in [4.78, 5) is 12.2. The van der Waals surface area contributed by atoms with Gasteiger partial charge in [-0.2, -0.15) is 0 Å². The first kappa shape index (κ1) is 15.1. The molecule has 0 unspecified atom stereocenters. The van der Waals surface area contributed by atoms with Gasteiger partial charge < -0.3 is 10.1 Å². The fourth-order valence-electron chi connectivity index (χ4n) is 2.02. The second-order valence-electron chi connectivity index (χ2n) is 4.65. The number of hydrogen-bond acceptors (Lipinski definition) is 5. The van der Waals surface area contributed by atoms with Gasteiger partial charge in [0.1, 0.15) is 5.75 Å². The number of hydrogen-bond donors (Lipinski definition) is 1. The predicted octanol–water partition coefficient (Wildman–Crippen LogP) is 3.65. The molecular weight excluding hydrogens is 318 g/mol. The molecule has 0 atom stereocenters. The lowest BCUT2D eigenvalue weighted by Crippen LogP contribution is -2.12. The van der Waals surface area contributed by atoms with Crippen LogP contribution in [-0.2, 0) is 0 Å². The van der Waals surface area contributed by atoms with E-state index in [4.69, 9.17) is 21.0 Å². The summed E-state index contributed by atoms with van der Waals surface area (Å²) < 4.78 is 9.85. The summed E-state index contributed by atoms with van der Waals surface area (Å²) in [5, 5.41) is 10.7. The third kappa shape index (κ3) is 3.32. The van der Waals surface area contributed by atoms with Crippen molar-refractivity contribution in [2.75, 3.05) is 12.4 Å². The summed E-state index contributed by atoms with van der Waals surface area (Å²) >= 11 is 5.89. The van der Waals surface area contributed by atoms with E-state index in [9.17, 15) is 4.79 Å². The molecule has 23 heavy (non-hydrogen) atoms. The lowest BCUT2D eigenvalue weighted by molar-refractivity contribution is 0.102. The van der Waals surface area contributed by atoms with Crippen molar-refractivity contribution in [3.8, 4) is 17.0 Å². The first-order chi connectivity index (χ1) is 11.2. The van der Waals surface area contributed by atoms with Gasteiger partial charge in [0, 0.05) is 16.1 Å². The minimum atomic E-state index is -0.349. The number of aromatic nitrogens is 2. The number of amides is 1. The van der Waals surface area contributed by atoms with E-state index in [1.54, 1.807) is 55.6 Å². The van der Waals surface area contributed by atoms with E-state index in [1.165, 1.54) is 0 Å². The highest BCUT2D eigenvalue weighted by Gasteiger charge is 2.16. The van der Waals surface area contributed by atoms with Crippen molar-refractivity contribution < 1.29 is 14.2 Å². The van der Waals surface area contributed by atoms with Gasteiger partial charge in [0.05, 0.1) is 7.11 Å². The van der Waals surface area contributed by atoms with Crippen LogP contribution in [0.3, 0.4) is 0 Å². The van der Waals surface area contributed by atoms with E-state index in [0.29, 0.717) is 16.3 Å². The van der Waals surface area contributed by atoms with Gasteiger partial charge in [-0.15, -0.1) is 0 Å². The molecule has 0 bridgehead atoms. The SMILES string of the molecule is COc1ccc(-c2nonc2NC(=O)c2cccc(Cl)c2)cc1. The second-order valence-corrected chi connectivity index (χ2v) is 5.09. The monoisotopic (exact) mass is 329 g/mol. The predicted molar refractivity (Wildman–Crippen MR) is 85.7 cm³/mol. The molecule has 0 aliphatic carbocycles. The molecule has 7 heteroatoms. The molecule has 0 aliphatic rings. The molecule has 3 aromatic rings. The molecule has 0 saturated heterocycles. The Kier molecular flexibility index (Phi) is 4.25. The van der Waals surface area contributed by atoms with E-state index in [1.807, 2.05) is 0 Å². The van der Waals surface area contributed by atoms with Crippen LogP contribution in [0.25, 0.3) is 11.3 Å². The Labute approximate surface area is 137 Å². The summed E-state index contributed by atoms with van der Waals surface area (Å²) in [7, 11) is 1.59. The van der Waals surface area contributed by atoms with E-state index in [0.717, 1.165) is 11.3 Å². The smallest absolute Gasteiger partial charge is 0.257 e. The number of rotatable bonds is 4. The summed E-state index contributed by atoms with van der Waals surface area (Å²) in [5.41, 5.74) is 1.60. The molecule has 2 aromatic carbocycles. The van der Waals surface area contributed by atoms with Gasteiger partial charge >= 0.3 is 0 Å². The Bertz CT molecular complexity index is 831. The maximum absolute atomic E-state index is 12.2. The molecule has 0 spiro atoms.